The number of hydrogen-bond acceptors (Lipinski definition) is 4. The number of carbonyl (C=O) groups excluding carboxylic acids is 2. The number of rotatable bonds is 8. The molecule has 0 saturated heterocycles. The fourth-order valence-corrected chi connectivity index (χ4v) is 2.33. The fourth-order valence-electron chi connectivity index (χ4n) is 2.33. The number of ketones is 1. The van der Waals surface area contributed by atoms with Crippen molar-refractivity contribution in [3.05, 3.63) is 36.0 Å². The molecule has 1 unspecified atom stereocenters. The molecule has 0 fully saturated rings. The standard InChI is InChI=1S/C17H26N2O3/c1-6-7-15(20)17(22-5)9-8-13(2)12-14(17)16(21)18-10-11-19(3)4/h8-9,12H,2,6-7,10-11H2,1,3-5H3,(H,18,21). The average Bonchev–Trinajstić information content (AvgIpc) is 2.47. The van der Waals surface area contributed by atoms with Gasteiger partial charge in [-0.05, 0) is 38.2 Å². The second-order valence-corrected chi connectivity index (χ2v) is 5.64. The van der Waals surface area contributed by atoms with Crippen molar-refractivity contribution >= 4 is 11.7 Å². The van der Waals surface area contributed by atoms with Crippen molar-refractivity contribution in [2.24, 2.45) is 0 Å². The zero-order chi connectivity index (χ0) is 16.8. The normalized spacial score (nSPS) is 21.0. The molecule has 22 heavy (non-hydrogen) atoms. The summed E-state index contributed by atoms with van der Waals surface area (Å²) < 4.78 is 5.49. The van der Waals surface area contributed by atoms with Crippen molar-refractivity contribution in [1.82, 2.24) is 10.2 Å². The first-order valence-corrected chi connectivity index (χ1v) is 7.49. The molecule has 0 spiro atoms. The van der Waals surface area contributed by atoms with Crippen molar-refractivity contribution in [3.63, 3.8) is 0 Å². The second kappa shape index (κ2) is 8.06. The van der Waals surface area contributed by atoms with E-state index in [-0.39, 0.29) is 11.7 Å². The van der Waals surface area contributed by atoms with Crippen LogP contribution in [0.5, 0.6) is 0 Å². The van der Waals surface area contributed by atoms with Crippen LogP contribution in [0.4, 0.5) is 0 Å². The Labute approximate surface area is 132 Å². The number of hydrogen-bond donors (Lipinski definition) is 1. The minimum absolute atomic E-state index is 0.116. The van der Waals surface area contributed by atoms with E-state index in [1.165, 1.54) is 7.11 Å². The number of carbonyl (C=O) groups is 2. The van der Waals surface area contributed by atoms with Gasteiger partial charge < -0.3 is 15.0 Å². The molecule has 0 aliphatic heterocycles. The highest BCUT2D eigenvalue weighted by molar-refractivity contribution is 6.07. The third-order valence-electron chi connectivity index (χ3n) is 3.56. The van der Waals surface area contributed by atoms with E-state index in [4.69, 9.17) is 4.74 Å². The van der Waals surface area contributed by atoms with Crippen LogP contribution in [0, 0.1) is 0 Å². The molecule has 5 heteroatoms. The zero-order valence-electron chi connectivity index (χ0n) is 13.9. The number of nitrogens with one attached hydrogen (secondary N) is 1. The topological polar surface area (TPSA) is 58.6 Å². The third kappa shape index (κ3) is 4.15. The number of likely N-dealkylation sites (N-methyl/N-ethyl adjacent to an activating group) is 1. The Hall–Kier alpha value is -1.72. The van der Waals surface area contributed by atoms with Gasteiger partial charge in [-0.15, -0.1) is 0 Å². The van der Waals surface area contributed by atoms with Crippen LogP contribution in [0.2, 0.25) is 0 Å². The molecule has 0 aromatic carbocycles. The molecule has 122 valence electrons. The summed E-state index contributed by atoms with van der Waals surface area (Å²) in [4.78, 5) is 27.0. The van der Waals surface area contributed by atoms with Gasteiger partial charge in [0, 0.05) is 26.6 Å². The fraction of sp³-hybridized carbons (Fsp3) is 0.529. The summed E-state index contributed by atoms with van der Waals surface area (Å²) in [5, 5.41) is 2.83. The molecule has 0 aromatic rings. The molecule has 0 aromatic heterocycles. The van der Waals surface area contributed by atoms with Gasteiger partial charge in [-0.25, -0.2) is 0 Å². The lowest BCUT2D eigenvalue weighted by Crippen LogP contribution is -2.48. The van der Waals surface area contributed by atoms with E-state index in [0.717, 1.165) is 6.54 Å². The van der Waals surface area contributed by atoms with Crippen LogP contribution in [0.1, 0.15) is 19.8 Å². The van der Waals surface area contributed by atoms with E-state index >= 15 is 0 Å². The molecule has 5 nitrogen and oxygen atoms in total. The minimum Gasteiger partial charge on any atom is -0.361 e. The number of methoxy groups -OCH3 is 1. The number of Topliss-reactive ketones (excluding diaryl/α,β-unsaturated/α-hetero) is 1. The van der Waals surface area contributed by atoms with Gasteiger partial charge in [0.05, 0.1) is 5.57 Å². The van der Waals surface area contributed by atoms with Gasteiger partial charge in [0.25, 0.3) is 5.91 Å². The van der Waals surface area contributed by atoms with Crippen LogP contribution in [0.25, 0.3) is 0 Å². The largest absolute Gasteiger partial charge is 0.361 e. The summed E-state index contributed by atoms with van der Waals surface area (Å²) in [6.07, 6.45) is 6.03. The first-order chi connectivity index (χ1) is 10.4. The zero-order valence-corrected chi connectivity index (χ0v) is 13.9. The predicted molar refractivity (Wildman–Crippen MR) is 87.6 cm³/mol. The molecule has 1 N–H and O–H groups in total. The molecule has 0 bridgehead atoms. The minimum atomic E-state index is -1.31. The van der Waals surface area contributed by atoms with Crippen molar-refractivity contribution in [2.45, 2.75) is 25.4 Å². The van der Waals surface area contributed by atoms with Gasteiger partial charge in [0.1, 0.15) is 0 Å². The summed E-state index contributed by atoms with van der Waals surface area (Å²) in [5.74, 6) is -0.408. The first-order valence-electron chi connectivity index (χ1n) is 7.49. The van der Waals surface area contributed by atoms with Gasteiger partial charge in [0.2, 0.25) is 0 Å². The van der Waals surface area contributed by atoms with Crippen LogP contribution >= 0.6 is 0 Å². The Kier molecular flexibility index (Phi) is 6.71. The lowest BCUT2D eigenvalue weighted by molar-refractivity contribution is -0.135. The highest BCUT2D eigenvalue weighted by Gasteiger charge is 2.43. The highest BCUT2D eigenvalue weighted by Crippen LogP contribution is 2.31. The van der Waals surface area contributed by atoms with Gasteiger partial charge in [-0.2, -0.15) is 0 Å². The van der Waals surface area contributed by atoms with Gasteiger partial charge in [-0.3, -0.25) is 9.59 Å². The van der Waals surface area contributed by atoms with Gasteiger partial charge in [-0.1, -0.05) is 19.6 Å². The first kappa shape index (κ1) is 18.3. The van der Waals surface area contributed by atoms with Gasteiger partial charge >= 0.3 is 0 Å². The Bertz CT molecular complexity index is 506. The Morgan fingerprint density at radius 3 is 2.64 bits per heavy atom. The number of amides is 1. The SMILES string of the molecule is C=C1C=CC(OC)(C(=O)CCC)C(C(=O)NCCN(C)C)=C1. The Morgan fingerprint density at radius 2 is 2.09 bits per heavy atom. The summed E-state index contributed by atoms with van der Waals surface area (Å²) in [6, 6.07) is 0. The maximum atomic E-state index is 12.5. The molecular weight excluding hydrogens is 280 g/mol. The van der Waals surface area contributed by atoms with E-state index in [1.807, 2.05) is 25.9 Å². The van der Waals surface area contributed by atoms with E-state index in [1.54, 1.807) is 18.2 Å². The van der Waals surface area contributed by atoms with Crippen LogP contribution in [-0.2, 0) is 14.3 Å². The Morgan fingerprint density at radius 1 is 1.41 bits per heavy atom. The van der Waals surface area contributed by atoms with E-state index in [2.05, 4.69) is 11.9 Å². The maximum absolute atomic E-state index is 12.5. The summed E-state index contributed by atoms with van der Waals surface area (Å²) >= 11 is 0. The van der Waals surface area contributed by atoms with Crippen LogP contribution in [-0.4, -0.2) is 56.5 Å². The summed E-state index contributed by atoms with van der Waals surface area (Å²) in [7, 11) is 5.31. The highest BCUT2D eigenvalue weighted by atomic mass is 16.5. The monoisotopic (exact) mass is 306 g/mol. The smallest absolute Gasteiger partial charge is 0.251 e. The molecule has 0 heterocycles. The van der Waals surface area contributed by atoms with Crippen LogP contribution < -0.4 is 5.32 Å². The van der Waals surface area contributed by atoms with Crippen molar-refractivity contribution in [3.8, 4) is 0 Å². The molecule has 1 rings (SSSR count). The number of ether oxygens (including phenoxy) is 1. The van der Waals surface area contributed by atoms with Crippen LogP contribution in [0.15, 0.2) is 36.0 Å². The van der Waals surface area contributed by atoms with E-state index in [0.29, 0.717) is 30.5 Å². The van der Waals surface area contributed by atoms with Crippen molar-refractivity contribution in [2.75, 3.05) is 34.3 Å². The molecule has 1 aliphatic rings. The van der Waals surface area contributed by atoms with Crippen molar-refractivity contribution in [1.29, 1.82) is 0 Å². The lowest BCUT2D eigenvalue weighted by atomic mass is 9.81. The molecule has 1 aliphatic carbocycles. The quantitative estimate of drug-likeness (QED) is 0.738. The Balaban J connectivity index is 3.01. The number of allylic oxidation sites excluding steroid dienone is 3. The van der Waals surface area contributed by atoms with Crippen molar-refractivity contribution < 1.29 is 14.3 Å². The summed E-state index contributed by atoms with van der Waals surface area (Å²) in [5.41, 5.74) is -0.325. The number of nitrogens with zero attached hydrogens (tertiary/aromatic N) is 1. The summed E-state index contributed by atoms with van der Waals surface area (Å²) in [6.45, 7) is 6.99. The van der Waals surface area contributed by atoms with E-state index in [9.17, 15) is 9.59 Å². The van der Waals surface area contributed by atoms with Gasteiger partial charge in [0.15, 0.2) is 11.4 Å². The molecule has 0 radical (unpaired) electrons. The predicted octanol–water partition coefficient (Wildman–Crippen LogP) is 1.47. The second-order valence-electron chi connectivity index (χ2n) is 5.64. The third-order valence-corrected chi connectivity index (χ3v) is 3.56. The molecule has 0 saturated carbocycles. The van der Waals surface area contributed by atoms with E-state index < -0.39 is 5.60 Å². The van der Waals surface area contributed by atoms with Crippen LogP contribution in [0.3, 0.4) is 0 Å². The maximum Gasteiger partial charge on any atom is 0.251 e. The lowest BCUT2D eigenvalue weighted by Gasteiger charge is -2.32. The molecule has 1 atom stereocenters. The average molecular weight is 306 g/mol. The molecule has 1 amide bonds. The molecular formula is C17H26N2O3.